The second kappa shape index (κ2) is 9.73. The molecule has 5 nitrogen and oxygen atoms in total. The molecule has 1 aliphatic rings. The number of hydrogen-bond acceptors (Lipinski definition) is 4. The Morgan fingerprint density at radius 2 is 2.21 bits per heavy atom. The van der Waals surface area contributed by atoms with Crippen LogP contribution in [0.4, 0.5) is 0 Å². The molecule has 0 bridgehead atoms. The lowest BCUT2D eigenvalue weighted by Gasteiger charge is -2.18. The fourth-order valence-electron chi connectivity index (χ4n) is 3.35. The van der Waals surface area contributed by atoms with E-state index in [0.717, 1.165) is 19.3 Å². The molecule has 0 spiro atoms. The summed E-state index contributed by atoms with van der Waals surface area (Å²) in [6, 6.07) is 7.39. The van der Waals surface area contributed by atoms with Gasteiger partial charge in [-0.25, -0.2) is 4.98 Å². The summed E-state index contributed by atoms with van der Waals surface area (Å²) in [5.74, 6) is -0.0890. The molecule has 2 aromatic rings. The summed E-state index contributed by atoms with van der Waals surface area (Å²) >= 11 is 1.33. The van der Waals surface area contributed by atoms with Crippen LogP contribution in [0.3, 0.4) is 0 Å². The summed E-state index contributed by atoms with van der Waals surface area (Å²) < 4.78 is 1.74. The molecule has 1 atom stereocenters. The van der Waals surface area contributed by atoms with E-state index in [9.17, 15) is 9.59 Å². The molecule has 3 rings (SSSR count). The highest BCUT2D eigenvalue weighted by Gasteiger charge is 2.19. The van der Waals surface area contributed by atoms with E-state index in [4.69, 9.17) is 4.98 Å². The van der Waals surface area contributed by atoms with Crippen molar-refractivity contribution in [3.63, 3.8) is 0 Å². The molecule has 1 aromatic heterocycles. The largest absolute Gasteiger partial charge is 0.352 e. The van der Waals surface area contributed by atoms with Gasteiger partial charge in [-0.3, -0.25) is 14.2 Å². The van der Waals surface area contributed by atoms with Gasteiger partial charge in [-0.2, -0.15) is 0 Å². The quantitative estimate of drug-likeness (QED) is 0.414. The van der Waals surface area contributed by atoms with Crippen LogP contribution in [0.15, 0.2) is 58.5 Å². The first-order valence-electron chi connectivity index (χ1n) is 9.83. The Morgan fingerprint density at radius 3 is 2.96 bits per heavy atom. The number of thioether (sulfide) groups is 1. The van der Waals surface area contributed by atoms with Crippen LogP contribution in [-0.4, -0.2) is 27.3 Å². The van der Waals surface area contributed by atoms with Crippen molar-refractivity contribution in [2.24, 2.45) is 0 Å². The van der Waals surface area contributed by atoms with Crippen LogP contribution in [-0.2, 0) is 11.3 Å². The molecule has 148 valence electrons. The second-order valence-electron chi connectivity index (χ2n) is 7.02. The Hall–Kier alpha value is -2.34. The lowest BCUT2D eigenvalue weighted by Crippen LogP contribution is -2.32. The lowest BCUT2D eigenvalue weighted by atomic mass is 9.97. The number of fused-ring (bicyclic) bond motifs is 1. The maximum atomic E-state index is 13.1. The average molecular weight is 398 g/mol. The minimum absolute atomic E-state index is 0.0387. The minimum Gasteiger partial charge on any atom is -0.352 e. The van der Waals surface area contributed by atoms with Gasteiger partial charge in [-0.05, 0) is 51.2 Å². The van der Waals surface area contributed by atoms with Gasteiger partial charge < -0.3 is 5.32 Å². The van der Waals surface area contributed by atoms with Gasteiger partial charge >= 0.3 is 0 Å². The zero-order valence-electron chi connectivity index (χ0n) is 16.3. The summed E-state index contributed by atoms with van der Waals surface area (Å²) in [7, 11) is 0. The third-order valence-corrected chi connectivity index (χ3v) is 6.03. The Bertz CT molecular complexity index is 948. The number of carbonyl (C=O) groups excluding carboxylic acids is 1. The van der Waals surface area contributed by atoms with Crippen molar-refractivity contribution in [1.82, 2.24) is 14.9 Å². The van der Waals surface area contributed by atoms with Crippen molar-refractivity contribution >= 4 is 28.6 Å². The van der Waals surface area contributed by atoms with E-state index in [1.165, 1.54) is 30.2 Å². The highest BCUT2D eigenvalue weighted by Crippen LogP contribution is 2.25. The van der Waals surface area contributed by atoms with Crippen LogP contribution in [0.5, 0.6) is 0 Å². The molecule has 0 aliphatic heterocycles. The summed E-state index contributed by atoms with van der Waals surface area (Å²) in [4.78, 5) is 30.1. The van der Waals surface area contributed by atoms with Crippen molar-refractivity contribution in [3.8, 4) is 0 Å². The summed E-state index contributed by atoms with van der Waals surface area (Å²) in [6.45, 7) is 6.47. The van der Waals surface area contributed by atoms with Crippen LogP contribution >= 0.6 is 11.8 Å². The number of amides is 1. The Labute approximate surface area is 169 Å². The van der Waals surface area contributed by atoms with Crippen molar-refractivity contribution in [1.29, 1.82) is 0 Å². The molecule has 0 radical (unpaired) electrons. The number of para-hydroxylation sites is 1. The number of aromatic nitrogens is 2. The maximum absolute atomic E-state index is 13.1. The lowest BCUT2D eigenvalue weighted by molar-refractivity contribution is -0.120. The molecule has 0 unspecified atom stereocenters. The molecule has 28 heavy (non-hydrogen) atoms. The third kappa shape index (κ3) is 4.93. The second-order valence-corrected chi connectivity index (χ2v) is 8.33. The fraction of sp³-hybridized carbons (Fsp3) is 0.409. The Morgan fingerprint density at radius 1 is 1.39 bits per heavy atom. The molecule has 1 aliphatic carbocycles. The van der Waals surface area contributed by atoms with Crippen molar-refractivity contribution in [3.05, 3.63) is 58.9 Å². The molecular weight excluding hydrogens is 370 g/mol. The minimum atomic E-state index is -0.354. The highest BCUT2D eigenvalue weighted by atomic mass is 32.2. The number of benzene rings is 1. The summed E-state index contributed by atoms with van der Waals surface area (Å²) in [5, 5.41) is 3.67. The highest BCUT2D eigenvalue weighted by molar-refractivity contribution is 8.00. The van der Waals surface area contributed by atoms with Gasteiger partial charge in [0.1, 0.15) is 0 Å². The fourth-order valence-corrected chi connectivity index (χ4v) is 4.31. The van der Waals surface area contributed by atoms with E-state index < -0.39 is 0 Å². The number of rotatable bonds is 8. The third-order valence-electron chi connectivity index (χ3n) is 4.94. The zero-order chi connectivity index (χ0) is 19.9. The van der Waals surface area contributed by atoms with Crippen LogP contribution in [0, 0.1) is 0 Å². The number of carbonyl (C=O) groups is 1. The summed E-state index contributed by atoms with van der Waals surface area (Å²) in [6.07, 6.45) is 9.52. The smallest absolute Gasteiger partial charge is 0.262 e. The number of allylic oxidation sites excluding steroid dienone is 2. The van der Waals surface area contributed by atoms with E-state index in [-0.39, 0.29) is 16.7 Å². The van der Waals surface area contributed by atoms with E-state index in [1.54, 1.807) is 10.6 Å². The molecule has 1 heterocycles. The van der Waals surface area contributed by atoms with Crippen LogP contribution in [0.25, 0.3) is 10.9 Å². The van der Waals surface area contributed by atoms with Crippen molar-refractivity contribution < 1.29 is 4.79 Å². The van der Waals surface area contributed by atoms with Crippen molar-refractivity contribution in [2.45, 2.75) is 56.0 Å². The summed E-state index contributed by atoms with van der Waals surface area (Å²) in [5.41, 5.74) is 2.05. The van der Waals surface area contributed by atoms with Crippen LogP contribution in [0.1, 0.15) is 39.0 Å². The monoisotopic (exact) mass is 397 g/mol. The van der Waals surface area contributed by atoms with Crippen LogP contribution in [0.2, 0.25) is 0 Å². The maximum Gasteiger partial charge on any atom is 0.262 e. The van der Waals surface area contributed by atoms with E-state index in [1.807, 2.05) is 31.2 Å². The van der Waals surface area contributed by atoms with Gasteiger partial charge in [0.2, 0.25) is 5.91 Å². The number of nitrogens with zero attached hydrogens (tertiary/aromatic N) is 2. The van der Waals surface area contributed by atoms with Gasteiger partial charge in [0.25, 0.3) is 5.56 Å². The van der Waals surface area contributed by atoms with Crippen LogP contribution < -0.4 is 10.9 Å². The van der Waals surface area contributed by atoms with E-state index in [2.05, 4.69) is 18.0 Å². The van der Waals surface area contributed by atoms with E-state index in [0.29, 0.717) is 29.1 Å². The standard InChI is InChI=1S/C22H27N3O2S/c1-3-14-23-20(26)16(2)28-22-24-19-12-8-7-11-18(19)21(27)25(22)15-13-17-9-5-4-6-10-17/h3,7-9,11-12,16H,1,4-6,10,13-15H2,2H3,(H,23,26)/t16-/m1/s1. The number of hydrogen-bond donors (Lipinski definition) is 1. The molecule has 0 fully saturated rings. The van der Waals surface area contributed by atoms with Gasteiger partial charge in [-0.15, -0.1) is 6.58 Å². The predicted octanol–water partition coefficient (Wildman–Crippen LogP) is 4.07. The Balaban J connectivity index is 1.89. The topological polar surface area (TPSA) is 64.0 Å². The zero-order valence-corrected chi connectivity index (χ0v) is 17.1. The van der Waals surface area contributed by atoms with Gasteiger partial charge in [0, 0.05) is 13.1 Å². The van der Waals surface area contributed by atoms with Gasteiger partial charge in [0.15, 0.2) is 5.16 Å². The Kier molecular flexibility index (Phi) is 7.09. The molecule has 6 heteroatoms. The predicted molar refractivity (Wildman–Crippen MR) is 116 cm³/mol. The van der Waals surface area contributed by atoms with Crippen molar-refractivity contribution in [2.75, 3.05) is 6.54 Å². The first-order valence-corrected chi connectivity index (χ1v) is 10.7. The van der Waals surface area contributed by atoms with Gasteiger partial charge in [0.05, 0.1) is 16.2 Å². The molecule has 0 saturated carbocycles. The molecular formula is C22H27N3O2S. The normalized spacial score (nSPS) is 15.1. The number of nitrogens with one attached hydrogen (secondary N) is 1. The molecule has 1 N–H and O–H groups in total. The molecule has 1 amide bonds. The first kappa shape index (κ1) is 20.4. The average Bonchev–Trinajstić information content (AvgIpc) is 2.72. The molecule has 1 aromatic carbocycles. The SMILES string of the molecule is C=CCNC(=O)[C@@H](C)Sc1nc2ccccc2c(=O)n1CCC1=CCCCC1. The van der Waals surface area contributed by atoms with E-state index >= 15 is 0 Å². The van der Waals surface area contributed by atoms with Gasteiger partial charge in [-0.1, -0.05) is 41.6 Å². The first-order chi connectivity index (χ1) is 13.6. The molecule has 0 saturated heterocycles.